The van der Waals surface area contributed by atoms with Crippen LogP contribution in [0, 0.1) is 10.1 Å². The molecule has 0 bridgehead atoms. The van der Waals surface area contributed by atoms with Gasteiger partial charge in [-0.05, 0) is 30.2 Å². The van der Waals surface area contributed by atoms with Crippen LogP contribution in [0.1, 0.15) is 18.9 Å². The molecule has 1 N–H and O–H groups in total. The molecule has 2 rings (SSSR count). The van der Waals surface area contributed by atoms with Crippen LogP contribution < -0.4 is 4.72 Å². The lowest BCUT2D eigenvalue weighted by Gasteiger charge is -2.07. The second-order valence-corrected chi connectivity index (χ2v) is 6.34. The van der Waals surface area contributed by atoms with Gasteiger partial charge in [0.05, 0.1) is 9.82 Å². The van der Waals surface area contributed by atoms with E-state index >= 15 is 0 Å². The minimum Gasteiger partial charge on any atom is -0.263 e. The Kier molecular flexibility index (Phi) is 4.71. The van der Waals surface area contributed by atoms with Crippen molar-refractivity contribution in [3.8, 4) is 0 Å². The number of pyridine rings is 1. The Morgan fingerprint density at radius 1 is 1.18 bits per heavy atom. The maximum absolute atomic E-state index is 12.2. The third-order valence-corrected chi connectivity index (χ3v) is 4.34. The first-order valence-electron chi connectivity index (χ1n) is 6.64. The highest BCUT2D eigenvalue weighted by Gasteiger charge is 2.15. The molecule has 7 nitrogen and oxygen atoms in total. The Labute approximate surface area is 128 Å². The Bertz CT molecular complexity index is 756. The van der Waals surface area contributed by atoms with Gasteiger partial charge in [0, 0.05) is 6.07 Å². The van der Waals surface area contributed by atoms with Crippen molar-refractivity contribution in [3.63, 3.8) is 0 Å². The zero-order valence-corrected chi connectivity index (χ0v) is 12.7. The van der Waals surface area contributed by atoms with E-state index in [1.54, 1.807) is 12.1 Å². The lowest BCUT2D eigenvalue weighted by molar-refractivity contribution is -0.385. The molecule has 0 fully saturated rings. The van der Waals surface area contributed by atoms with Crippen molar-refractivity contribution in [2.75, 3.05) is 4.72 Å². The van der Waals surface area contributed by atoms with Gasteiger partial charge in [-0.25, -0.2) is 13.4 Å². The Morgan fingerprint density at radius 2 is 1.86 bits per heavy atom. The van der Waals surface area contributed by atoms with E-state index in [0.29, 0.717) is 0 Å². The van der Waals surface area contributed by atoms with Crippen LogP contribution >= 0.6 is 0 Å². The second-order valence-electron chi connectivity index (χ2n) is 4.66. The first-order valence-corrected chi connectivity index (χ1v) is 8.13. The summed E-state index contributed by atoms with van der Waals surface area (Å²) in [6.45, 7) is 2.05. The van der Waals surface area contributed by atoms with Crippen LogP contribution in [0.3, 0.4) is 0 Å². The van der Waals surface area contributed by atoms with Crippen molar-refractivity contribution in [2.45, 2.75) is 24.7 Å². The molecule has 22 heavy (non-hydrogen) atoms. The van der Waals surface area contributed by atoms with Gasteiger partial charge < -0.3 is 0 Å². The van der Waals surface area contributed by atoms with E-state index in [-0.39, 0.29) is 16.4 Å². The molecule has 1 heterocycles. The van der Waals surface area contributed by atoms with Gasteiger partial charge in [0.2, 0.25) is 0 Å². The Hall–Kier alpha value is -2.48. The standard InChI is InChI=1S/C14H15N3O4S/c1-2-3-11-4-7-13(8-5-11)22(20,21)16-14-9-6-12(10-15-14)17(18)19/h4-10H,2-3H2,1H3,(H,15,16). The third-order valence-electron chi connectivity index (χ3n) is 2.97. The third kappa shape index (κ3) is 3.79. The summed E-state index contributed by atoms with van der Waals surface area (Å²) in [5.74, 6) is 0.0308. The van der Waals surface area contributed by atoms with E-state index in [9.17, 15) is 18.5 Å². The molecule has 2 aromatic rings. The van der Waals surface area contributed by atoms with Crippen molar-refractivity contribution in [1.82, 2.24) is 4.98 Å². The van der Waals surface area contributed by atoms with Crippen molar-refractivity contribution >= 4 is 21.5 Å². The van der Waals surface area contributed by atoms with Crippen molar-refractivity contribution in [1.29, 1.82) is 0 Å². The molecule has 0 atom stereocenters. The first-order chi connectivity index (χ1) is 10.4. The highest BCUT2D eigenvalue weighted by Crippen LogP contribution is 2.17. The zero-order valence-electron chi connectivity index (χ0n) is 11.9. The summed E-state index contributed by atoms with van der Waals surface area (Å²) < 4.78 is 26.7. The van der Waals surface area contributed by atoms with Gasteiger partial charge in [0.25, 0.3) is 15.7 Å². The average molecular weight is 321 g/mol. The maximum Gasteiger partial charge on any atom is 0.287 e. The number of aryl methyl sites for hydroxylation is 1. The molecule has 0 aliphatic heterocycles. The van der Waals surface area contributed by atoms with Gasteiger partial charge >= 0.3 is 0 Å². The van der Waals surface area contributed by atoms with E-state index in [0.717, 1.165) is 24.6 Å². The number of aromatic nitrogens is 1. The minimum absolute atomic E-state index is 0.0308. The summed E-state index contributed by atoms with van der Waals surface area (Å²) in [4.78, 5) is 13.8. The van der Waals surface area contributed by atoms with Crippen LogP contribution in [0.15, 0.2) is 47.5 Å². The van der Waals surface area contributed by atoms with Crippen LogP contribution in [0.25, 0.3) is 0 Å². The topological polar surface area (TPSA) is 102 Å². The maximum atomic E-state index is 12.2. The summed E-state index contributed by atoms with van der Waals surface area (Å²) >= 11 is 0. The summed E-state index contributed by atoms with van der Waals surface area (Å²) in [5, 5.41) is 10.5. The number of nitrogens with one attached hydrogen (secondary N) is 1. The molecule has 1 aromatic carbocycles. The van der Waals surface area contributed by atoms with Gasteiger partial charge in [0.15, 0.2) is 0 Å². The van der Waals surface area contributed by atoms with E-state index < -0.39 is 14.9 Å². The Balaban J connectivity index is 2.18. The van der Waals surface area contributed by atoms with Crippen molar-refractivity contribution < 1.29 is 13.3 Å². The van der Waals surface area contributed by atoms with Crippen molar-refractivity contribution in [3.05, 3.63) is 58.3 Å². The first kappa shape index (κ1) is 15.9. The number of rotatable bonds is 6. The Morgan fingerprint density at radius 3 is 2.36 bits per heavy atom. The number of hydrogen-bond acceptors (Lipinski definition) is 5. The van der Waals surface area contributed by atoms with Crippen LogP contribution in [0.5, 0.6) is 0 Å². The molecule has 0 spiro atoms. The smallest absolute Gasteiger partial charge is 0.263 e. The fraction of sp³-hybridized carbons (Fsp3) is 0.214. The monoisotopic (exact) mass is 321 g/mol. The summed E-state index contributed by atoms with van der Waals surface area (Å²) in [5.41, 5.74) is 0.863. The molecule has 116 valence electrons. The van der Waals surface area contributed by atoms with Crippen LogP contribution in [-0.4, -0.2) is 18.3 Å². The zero-order chi connectivity index (χ0) is 16.2. The number of anilines is 1. The minimum atomic E-state index is -3.76. The number of nitro groups is 1. The van der Waals surface area contributed by atoms with Gasteiger partial charge in [0.1, 0.15) is 12.0 Å². The summed E-state index contributed by atoms with van der Waals surface area (Å²) in [7, 11) is -3.76. The quantitative estimate of drug-likeness (QED) is 0.651. The predicted molar refractivity (Wildman–Crippen MR) is 82.1 cm³/mol. The molecule has 1 aromatic heterocycles. The number of sulfonamides is 1. The van der Waals surface area contributed by atoms with E-state index in [1.807, 2.05) is 6.92 Å². The number of hydrogen-bond donors (Lipinski definition) is 1. The molecule has 0 amide bonds. The number of benzene rings is 1. The lowest BCUT2D eigenvalue weighted by atomic mass is 10.1. The van der Waals surface area contributed by atoms with E-state index in [4.69, 9.17) is 0 Å². The van der Waals surface area contributed by atoms with Gasteiger partial charge in [-0.3, -0.25) is 14.8 Å². The molecule has 0 unspecified atom stereocenters. The highest BCUT2D eigenvalue weighted by molar-refractivity contribution is 7.92. The van der Waals surface area contributed by atoms with Gasteiger partial charge in [-0.2, -0.15) is 0 Å². The largest absolute Gasteiger partial charge is 0.287 e. The number of nitrogens with zero attached hydrogens (tertiary/aromatic N) is 2. The second kappa shape index (κ2) is 6.52. The predicted octanol–water partition coefficient (Wildman–Crippen LogP) is 2.74. The average Bonchev–Trinajstić information content (AvgIpc) is 2.48. The molecule has 0 aliphatic rings. The van der Waals surface area contributed by atoms with Crippen molar-refractivity contribution in [2.24, 2.45) is 0 Å². The molecule has 8 heteroatoms. The van der Waals surface area contributed by atoms with Crippen LogP contribution in [0.4, 0.5) is 11.5 Å². The van der Waals surface area contributed by atoms with E-state index in [2.05, 4.69) is 9.71 Å². The molecule has 0 saturated carbocycles. The van der Waals surface area contributed by atoms with Gasteiger partial charge in [-0.1, -0.05) is 25.5 Å². The SMILES string of the molecule is CCCc1ccc(S(=O)(=O)Nc2ccc([N+](=O)[O-])cn2)cc1. The van der Waals surface area contributed by atoms with E-state index in [1.165, 1.54) is 24.3 Å². The fourth-order valence-electron chi connectivity index (χ4n) is 1.87. The summed E-state index contributed by atoms with van der Waals surface area (Å²) in [6.07, 6.45) is 2.87. The lowest BCUT2D eigenvalue weighted by Crippen LogP contribution is -2.13. The highest BCUT2D eigenvalue weighted by atomic mass is 32.2. The van der Waals surface area contributed by atoms with Crippen LogP contribution in [0.2, 0.25) is 0 Å². The van der Waals surface area contributed by atoms with Gasteiger partial charge in [-0.15, -0.1) is 0 Å². The summed E-state index contributed by atoms with van der Waals surface area (Å²) in [6, 6.07) is 9.02. The fourth-order valence-corrected chi connectivity index (χ4v) is 2.88. The molecule has 0 aliphatic carbocycles. The van der Waals surface area contributed by atoms with Crippen LogP contribution in [-0.2, 0) is 16.4 Å². The molecular weight excluding hydrogens is 306 g/mol. The molecule has 0 saturated heterocycles. The molecular formula is C14H15N3O4S. The molecule has 0 radical (unpaired) electrons. The normalized spacial score (nSPS) is 11.1.